The Balaban J connectivity index is 1.51. The lowest BCUT2D eigenvalue weighted by atomic mass is 10.1. The molecule has 0 bridgehead atoms. The molecule has 1 aliphatic carbocycles. The zero-order valence-corrected chi connectivity index (χ0v) is 21.0. The smallest absolute Gasteiger partial charge is 0.257 e. The lowest BCUT2D eigenvalue weighted by molar-refractivity contribution is -0.117. The standard InChI is InChI=1S/C25H15Cl4F3N2O2/c1-11(30)15-5-2-12(8-18(15)27)21-22(25(21,28)29)24(36)33-14-4-6-17(26)16(10-14)23(35)34-20-7-3-13(31)9-19(20)32/h2-10,21-22H,1H2,(H,33,36)(H,34,35)/t21-,22+/m1/s1. The molecule has 3 aromatic rings. The van der Waals surface area contributed by atoms with E-state index in [1.165, 1.54) is 30.3 Å². The summed E-state index contributed by atoms with van der Waals surface area (Å²) in [6.45, 7) is 3.21. The van der Waals surface area contributed by atoms with Crippen LogP contribution in [0.3, 0.4) is 0 Å². The van der Waals surface area contributed by atoms with E-state index >= 15 is 0 Å². The third-order valence-electron chi connectivity index (χ3n) is 5.64. The van der Waals surface area contributed by atoms with Crippen molar-refractivity contribution in [1.82, 2.24) is 0 Å². The third kappa shape index (κ3) is 5.20. The number of carbonyl (C=O) groups is 2. The Labute approximate surface area is 224 Å². The van der Waals surface area contributed by atoms with Crippen LogP contribution in [0.15, 0.2) is 61.2 Å². The van der Waals surface area contributed by atoms with Gasteiger partial charge in [0.15, 0.2) is 0 Å². The van der Waals surface area contributed by atoms with E-state index in [-0.39, 0.29) is 32.5 Å². The molecular formula is C25H15Cl4F3N2O2. The number of nitrogens with one attached hydrogen (secondary N) is 2. The summed E-state index contributed by atoms with van der Waals surface area (Å²) < 4.78 is 39.0. The molecule has 2 amide bonds. The minimum atomic E-state index is -1.45. The monoisotopic (exact) mass is 572 g/mol. The van der Waals surface area contributed by atoms with Crippen LogP contribution in [-0.4, -0.2) is 16.1 Å². The molecule has 3 aromatic carbocycles. The molecule has 4 rings (SSSR count). The Kier molecular flexibility index (Phi) is 7.30. The number of amides is 2. The van der Waals surface area contributed by atoms with Crippen molar-refractivity contribution in [2.24, 2.45) is 5.92 Å². The molecule has 0 radical (unpaired) electrons. The molecule has 1 fully saturated rings. The number of hydrogen-bond donors (Lipinski definition) is 2. The summed E-state index contributed by atoms with van der Waals surface area (Å²) in [7, 11) is 0. The van der Waals surface area contributed by atoms with Crippen LogP contribution in [0, 0.1) is 17.6 Å². The second-order valence-corrected chi connectivity index (χ2v) is 10.3. The van der Waals surface area contributed by atoms with Crippen molar-refractivity contribution in [2.45, 2.75) is 10.3 Å². The van der Waals surface area contributed by atoms with Crippen LogP contribution in [0.25, 0.3) is 5.83 Å². The number of hydrogen-bond acceptors (Lipinski definition) is 2. The van der Waals surface area contributed by atoms with Gasteiger partial charge in [-0.1, -0.05) is 41.9 Å². The van der Waals surface area contributed by atoms with Gasteiger partial charge in [0.2, 0.25) is 5.91 Å². The quantitative estimate of drug-likeness (QED) is 0.294. The molecule has 36 heavy (non-hydrogen) atoms. The molecule has 1 saturated carbocycles. The number of rotatable bonds is 6. The van der Waals surface area contributed by atoms with Gasteiger partial charge in [0.05, 0.1) is 27.2 Å². The number of benzene rings is 3. The summed E-state index contributed by atoms with van der Waals surface area (Å²) in [4.78, 5) is 25.6. The summed E-state index contributed by atoms with van der Waals surface area (Å²) in [5.74, 6) is -5.29. The van der Waals surface area contributed by atoms with Crippen molar-refractivity contribution < 1.29 is 22.8 Å². The van der Waals surface area contributed by atoms with E-state index in [9.17, 15) is 22.8 Å². The number of alkyl halides is 2. The van der Waals surface area contributed by atoms with E-state index in [0.29, 0.717) is 11.6 Å². The van der Waals surface area contributed by atoms with Crippen molar-refractivity contribution in [2.75, 3.05) is 10.6 Å². The maximum atomic E-state index is 13.9. The van der Waals surface area contributed by atoms with Crippen molar-refractivity contribution >= 4 is 75.4 Å². The first-order valence-electron chi connectivity index (χ1n) is 10.3. The maximum Gasteiger partial charge on any atom is 0.257 e. The molecule has 186 valence electrons. The largest absolute Gasteiger partial charge is 0.326 e. The summed E-state index contributed by atoms with van der Waals surface area (Å²) >= 11 is 25.0. The zero-order chi connectivity index (χ0) is 26.4. The van der Waals surface area contributed by atoms with E-state index in [1.54, 1.807) is 6.07 Å². The Morgan fingerprint density at radius 2 is 1.61 bits per heavy atom. The number of anilines is 2. The number of carbonyl (C=O) groups excluding carboxylic acids is 2. The molecule has 0 spiro atoms. The molecule has 2 N–H and O–H groups in total. The van der Waals surface area contributed by atoms with Crippen molar-refractivity contribution in [3.8, 4) is 0 Å². The molecule has 1 aliphatic rings. The second-order valence-electron chi connectivity index (χ2n) is 8.04. The molecule has 0 saturated heterocycles. The van der Waals surface area contributed by atoms with Crippen LogP contribution < -0.4 is 10.6 Å². The van der Waals surface area contributed by atoms with Gasteiger partial charge in [0.1, 0.15) is 21.8 Å². The molecule has 2 atom stereocenters. The van der Waals surface area contributed by atoms with Gasteiger partial charge in [-0.25, -0.2) is 13.2 Å². The maximum absolute atomic E-state index is 13.9. The Morgan fingerprint density at radius 3 is 2.25 bits per heavy atom. The Morgan fingerprint density at radius 1 is 0.889 bits per heavy atom. The zero-order valence-electron chi connectivity index (χ0n) is 18.0. The topological polar surface area (TPSA) is 58.2 Å². The van der Waals surface area contributed by atoms with Crippen molar-refractivity contribution in [1.29, 1.82) is 0 Å². The first kappa shape index (κ1) is 26.4. The van der Waals surface area contributed by atoms with Gasteiger partial charge in [0, 0.05) is 23.2 Å². The van der Waals surface area contributed by atoms with E-state index in [0.717, 1.165) is 12.1 Å². The highest BCUT2D eigenvalue weighted by Crippen LogP contribution is 2.65. The van der Waals surface area contributed by atoms with E-state index in [1.807, 2.05) is 0 Å². The highest BCUT2D eigenvalue weighted by molar-refractivity contribution is 6.53. The van der Waals surface area contributed by atoms with Gasteiger partial charge in [-0.2, -0.15) is 0 Å². The predicted octanol–water partition coefficient (Wildman–Crippen LogP) is 7.99. The van der Waals surface area contributed by atoms with E-state index in [4.69, 9.17) is 46.4 Å². The molecule has 0 aliphatic heterocycles. The molecule has 11 heteroatoms. The highest BCUT2D eigenvalue weighted by Gasteiger charge is 2.67. The van der Waals surface area contributed by atoms with Gasteiger partial charge in [-0.3, -0.25) is 9.59 Å². The van der Waals surface area contributed by atoms with Gasteiger partial charge in [-0.05, 0) is 42.0 Å². The molecular weight excluding hydrogens is 559 g/mol. The van der Waals surface area contributed by atoms with Gasteiger partial charge in [0.25, 0.3) is 5.91 Å². The fourth-order valence-electron chi connectivity index (χ4n) is 3.79. The van der Waals surface area contributed by atoms with Crippen LogP contribution in [-0.2, 0) is 4.79 Å². The van der Waals surface area contributed by atoms with Gasteiger partial charge < -0.3 is 10.6 Å². The minimum absolute atomic E-state index is 0.0329. The van der Waals surface area contributed by atoms with Crippen molar-refractivity contribution in [3.63, 3.8) is 0 Å². The fourth-order valence-corrected chi connectivity index (χ4v) is 5.11. The highest BCUT2D eigenvalue weighted by atomic mass is 35.5. The first-order chi connectivity index (χ1) is 16.9. The number of halogens is 7. The van der Waals surface area contributed by atoms with Crippen LogP contribution >= 0.6 is 46.4 Å². The summed E-state index contributed by atoms with van der Waals surface area (Å²) in [6, 6.07) is 11.2. The first-order valence-corrected chi connectivity index (χ1v) is 11.8. The van der Waals surface area contributed by atoms with Crippen LogP contribution in [0.1, 0.15) is 27.4 Å². The van der Waals surface area contributed by atoms with E-state index in [2.05, 4.69) is 17.2 Å². The van der Waals surface area contributed by atoms with Gasteiger partial charge >= 0.3 is 0 Å². The molecule has 4 nitrogen and oxygen atoms in total. The molecule has 0 unspecified atom stereocenters. The summed E-state index contributed by atoms with van der Waals surface area (Å²) in [5, 5.41) is 5.07. The third-order valence-corrected chi connectivity index (χ3v) is 7.22. The van der Waals surface area contributed by atoms with Crippen LogP contribution in [0.2, 0.25) is 10.0 Å². The minimum Gasteiger partial charge on any atom is -0.326 e. The van der Waals surface area contributed by atoms with Crippen LogP contribution in [0.5, 0.6) is 0 Å². The van der Waals surface area contributed by atoms with Crippen molar-refractivity contribution in [3.05, 3.63) is 99.5 Å². The summed E-state index contributed by atoms with van der Waals surface area (Å²) in [5.41, 5.74) is 0.535. The fraction of sp³-hybridized carbons (Fsp3) is 0.120. The van der Waals surface area contributed by atoms with E-state index < -0.39 is 45.4 Å². The van der Waals surface area contributed by atoms with Crippen LogP contribution in [0.4, 0.5) is 24.5 Å². The van der Waals surface area contributed by atoms with Gasteiger partial charge in [-0.15, -0.1) is 23.2 Å². The Hall–Kier alpha value is -2.71. The molecule has 0 aromatic heterocycles. The predicted molar refractivity (Wildman–Crippen MR) is 137 cm³/mol. The molecule has 0 heterocycles. The summed E-state index contributed by atoms with van der Waals surface area (Å²) in [6.07, 6.45) is 0. The second kappa shape index (κ2) is 9.98. The average molecular weight is 574 g/mol. The lowest BCUT2D eigenvalue weighted by Crippen LogP contribution is -2.18. The average Bonchev–Trinajstić information content (AvgIpc) is 3.38. The Bertz CT molecular complexity index is 1410. The normalized spacial score (nSPS) is 17.9. The lowest BCUT2D eigenvalue weighted by Gasteiger charge is -2.11. The SMILES string of the molecule is C=C(F)c1ccc([C@@H]2[C@@H](C(=O)Nc3ccc(Cl)c(C(=O)Nc4ccc(F)cc4F)c3)C2(Cl)Cl)cc1Cl.